The summed E-state index contributed by atoms with van der Waals surface area (Å²) < 4.78 is 5.63. The van der Waals surface area contributed by atoms with Crippen molar-refractivity contribution in [3.8, 4) is 5.75 Å². The van der Waals surface area contributed by atoms with Crippen molar-refractivity contribution >= 4 is 23.1 Å². The summed E-state index contributed by atoms with van der Waals surface area (Å²) in [6.07, 6.45) is 4.43. The van der Waals surface area contributed by atoms with Crippen LogP contribution in [0.4, 0.5) is 10.5 Å². The Morgan fingerprint density at radius 2 is 2.08 bits per heavy atom. The highest BCUT2D eigenvalue weighted by Gasteiger charge is 2.28. The standard InChI is InChI=1S/C20H26N2O2S/c1-3-24-18-11-7-6-9-16(18)21-20(23)22-14-8-4-5-10-17(22)19-13-12-15(2)25-19/h6-7,9,11-13,17H,3-5,8,10,14H2,1-2H3,(H,21,23)/t17-/m0/s1. The Bertz CT molecular complexity index is 713. The lowest BCUT2D eigenvalue weighted by atomic mass is 10.1. The van der Waals surface area contributed by atoms with Crippen molar-refractivity contribution in [3.05, 3.63) is 46.2 Å². The van der Waals surface area contributed by atoms with Gasteiger partial charge in [0.1, 0.15) is 5.75 Å². The number of ether oxygens (including phenoxy) is 1. The van der Waals surface area contributed by atoms with Gasteiger partial charge in [-0.2, -0.15) is 0 Å². The van der Waals surface area contributed by atoms with Gasteiger partial charge in [0.25, 0.3) is 0 Å². The highest BCUT2D eigenvalue weighted by Crippen LogP contribution is 2.35. The summed E-state index contributed by atoms with van der Waals surface area (Å²) in [5, 5.41) is 3.07. The van der Waals surface area contributed by atoms with Gasteiger partial charge in [0, 0.05) is 16.3 Å². The van der Waals surface area contributed by atoms with Gasteiger partial charge in [0.05, 0.1) is 18.3 Å². The van der Waals surface area contributed by atoms with Gasteiger partial charge in [0.15, 0.2) is 0 Å². The molecule has 1 aliphatic heterocycles. The van der Waals surface area contributed by atoms with Gasteiger partial charge in [0.2, 0.25) is 0 Å². The van der Waals surface area contributed by atoms with Crippen LogP contribution in [-0.2, 0) is 0 Å². The van der Waals surface area contributed by atoms with Crippen LogP contribution in [0.5, 0.6) is 5.75 Å². The molecule has 1 aromatic heterocycles. The van der Waals surface area contributed by atoms with E-state index in [9.17, 15) is 4.79 Å². The fourth-order valence-corrected chi connectivity index (χ4v) is 4.34. The van der Waals surface area contributed by atoms with Gasteiger partial charge in [-0.1, -0.05) is 25.0 Å². The van der Waals surface area contributed by atoms with E-state index in [0.717, 1.165) is 30.8 Å². The van der Waals surface area contributed by atoms with Crippen LogP contribution in [0.2, 0.25) is 0 Å². The van der Waals surface area contributed by atoms with E-state index < -0.39 is 0 Å². The van der Waals surface area contributed by atoms with Crippen molar-refractivity contribution < 1.29 is 9.53 Å². The predicted molar refractivity (Wildman–Crippen MR) is 104 cm³/mol. The second kappa shape index (κ2) is 8.39. The second-order valence-electron chi connectivity index (χ2n) is 6.37. The van der Waals surface area contributed by atoms with Gasteiger partial charge >= 0.3 is 6.03 Å². The molecule has 1 N–H and O–H groups in total. The van der Waals surface area contributed by atoms with E-state index >= 15 is 0 Å². The molecule has 1 fully saturated rings. The number of nitrogens with zero attached hydrogens (tertiary/aromatic N) is 1. The van der Waals surface area contributed by atoms with E-state index in [1.807, 2.05) is 36.1 Å². The third kappa shape index (κ3) is 4.34. The Morgan fingerprint density at radius 1 is 1.24 bits per heavy atom. The summed E-state index contributed by atoms with van der Waals surface area (Å²) in [4.78, 5) is 17.6. The summed E-state index contributed by atoms with van der Waals surface area (Å²) in [6, 6.07) is 12.1. The molecular formula is C20H26N2O2S. The normalized spacial score (nSPS) is 17.8. The van der Waals surface area contributed by atoms with Crippen molar-refractivity contribution in [1.82, 2.24) is 4.90 Å². The van der Waals surface area contributed by atoms with Crippen LogP contribution in [0.1, 0.15) is 48.4 Å². The number of benzene rings is 1. The third-order valence-corrected chi connectivity index (χ3v) is 5.63. The molecule has 2 amide bonds. The Balaban J connectivity index is 1.80. The highest BCUT2D eigenvalue weighted by molar-refractivity contribution is 7.12. The fraction of sp³-hybridized carbons (Fsp3) is 0.450. The van der Waals surface area contributed by atoms with E-state index in [2.05, 4.69) is 24.4 Å². The van der Waals surface area contributed by atoms with Crippen molar-refractivity contribution in [2.45, 2.75) is 45.6 Å². The predicted octanol–water partition coefficient (Wildman–Crippen LogP) is 5.60. The SMILES string of the molecule is CCOc1ccccc1NC(=O)N1CCCCC[C@H]1c1ccc(C)s1. The highest BCUT2D eigenvalue weighted by atomic mass is 32.1. The Labute approximate surface area is 153 Å². The molecule has 0 saturated carbocycles. The summed E-state index contributed by atoms with van der Waals surface area (Å²) in [6.45, 7) is 5.44. The van der Waals surface area contributed by atoms with Crippen LogP contribution in [0.3, 0.4) is 0 Å². The molecule has 0 unspecified atom stereocenters. The molecule has 25 heavy (non-hydrogen) atoms. The van der Waals surface area contributed by atoms with Crippen molar-refractivity contribution in [2.75, 3.05) is 18.5 Å². The first kappa shape index (κ1) is 17.8. The first-order valence-corrected chi connectivity index (χ1v) is 9.86. The minimum Gasteiger partial charge on any atom is -0.492 e. The Hall–Kier alpha value is -2.01. The number of para-hydroxylation sites is 2. The maximum atomic E-state index is 13.0. The van der Waals surface area contributed by atoms with Crippen molar-refractivity contribution in [2.24, 2.45) is 0 Å². The summed E-state index contributed by atoms with van der Waals surface area (Å²) >= 11 is 1.80. The van der Waals surface area contributed by atoms with Gasteiger partial charge in [-0.05, 0) is 51.0 Å². The molecule has 0 radical (unpaired) electrons. The van der Waals surface area contributed by atoms with Gasteiger partial charge in [-0.15, -0.1) is 11.3 Å². The van der Waals surface area contributed by atoms with Crippen LogP contribution in [0.25, 0.3) is 0 Å². The lowest BCUT2D eigenvalue weighted by Crippen LogP contribution is -2.37. The third-order valence-electron chi connectivity index (χ3n) is 4.53. The number of rotatable bonds is 4. The first-order chi connectivity index (χ1) is 12.2. The molecule has 0 bridgehead atoms. The molecule has 1 aromatic carbocycles. The van der Waals surface area contributed by atoms with E-state index in [0.29, 0.717) is 6.61 Å². The summed E-state index contributed by atoms with van der Waals surface area (Å²) in [7, 11) is 0. The maximum Gasteiger partial charge on any atom is 0.322 e. The number of carbonyl (C=O) groups is 1. The number of anilines is 1. The molecule has 2 aromatic rings. The van der Waals surface area contributed by atoms with E-state index in [4.69, 9.17) is 4.74 Å². The van der Waals surface area contributed by atoms with E-state index in [1.165, 1.54) is 22.6 Å². The van der Waals surface area contributed by atoms with Gasteiger partial charge in [-0.3, -0.25) is 0 Å². The molecule has 134 valence electrons. The zero-order valence-corrected chi connectivity index (χ0v) is 15.8. The molecule has 2 heterocycles. The number of hydrogen-bond acceptors (Lipinski definition) is 3. The zero-order valence-electron chi connectivity index (χ0n) is 15.0. The number of hydrogen-bond donors (Lipinski definition) is 1. The number of likely N-dealkylation sites (tertiary alicyclic amines) is 1. The number of thiophene rings is 1. The Kier molecular flexibility index (Phi) is 5.97. The maximum absolute atomic E-state index is 13.0. The van der Waals surface area contributed by atoms with Gasteiger partial charge < -0.3 is 15.0 Å². The number of aryl methyl sites for hydroxylation is 1. The average Bonchev–Trinajstić information content (AvgIpc) is 2.89. The van der Waals surface area contributed by atoms with E-state index in [-0.39, 0.29) is 12.1 Å². The topological polar surface area (TPSA) is 41.6 Å². The minimum absolute atomic E-state index is 0.0369. The molecule has 1 aliphatic rings. The fourth-order valence-electron chi connectivity index (χ4n) is 3.32. The largest absolute Gasteiger partial charge is 0.492 e. The quantitative estimate of drug-likeness (QED) is 0.772. The molecule has 0 spiro atoms. The zero-order chi connectivity index (χ0) is 17.6. The lowest BCUT2D eigenvalue weighted by molar-refractivity contribution is 0.190. The smallest absolute Gasteiger partial charge is 0.322 e. The van der Waals surface area contributed by atoms with E-state index in [1.54, 1.807) is 11.3 Å². The number of urea groups is 1. The number of carbonyl (C=O) groups excluding carboxylic acids is 1. The summed E-state index contributed by atoms with van der Waals surface area (Å²) in [5.41, 5.74) is 0.736. The van der Waals surface area contributed by atoms with Crippen LogP contribution in [0, 0.1) is 6.92 Å². The first-order valence-electron chi connectivity index (χ1n) is 9.05. The molecule has 5 heteroatoms. The molecule has 3 rings (SSSR count). The number of nitrogens with one attached hydrogen (secondary N) is 1. The summed E-state index contributed by atoms with van der Waals surface area (Å²) in [5.74, 6) is 0.719. The lowest BCUT2D eigenvalue weighted by Gasteiger charge is -2.29. The van der Waals surface area contributed by atoms with Crippen LogP contribution in [-0.4, -0.2) is 24.1 Å². The van der Waals surface area contributed by atoms with Crippen LogP contribution >= 0.6 is 11.3 Å². The van der Waals surface area contributed by atoms with Gasteiger partial charge in [-0.25, -0.2) is 4.79 Å². The monoisotopic (exact) mass is 358 g/mol. The molecule has 4 nitrogen and oxygen atoms in total. The van der Waals surface area contributed by atoms with Crippen LogP contribution in [0.15, 0.2) is 36.4 Å². The minimum atomic E-state index is -0.0369. The molecular weight excluding hydrogens is 332 g/mol. The van der Waals surface area contributed by atoms with Crippen molar-refractivity contribution in [3.63, 3.8) is 0 Å². The van der Waals surface area contributed by atoms with Crippen molar-refractivity contribution in [1.29, 1.82) is 0 Å². The van der Waals surface area contributed by atoms with Crippen LogP contribution < -0.4 is 10.1 Å². The molecule has 1 saturated heterocycles. The Morgan fingerprint density at radius 3 is 2.84 bits per heavy atom. The molecule has 0 aliphatic carbocycles. The molecule has 1 atom stereocenters. The average molecular weight is 359 g/mol. The second-order valence-corrected chi connectivity index (χ2v) is 7.69. The number of amides is 2.